The molecule has 0 spiro atoms. The fourth-order valence-electron chi connectivity index (χ4n) is 2.17. The largest absolute Gasteiger partial charge is 0.490 e. The van der Waals surface area contributed by atoms with Crippen LogP contribution in [0.4, 0.5) is 4.39 Å². The molecule has 0 saturated heterocycles. The first-order valence-electron chi connectivity index (χ1n) is 6.47. The highest BCUT2D eigenvalue weighted by Gasteiger charge is 2.23. The monoisotopic (exact) mass is 245 g/mol. The maximum Gasteiger partial charge on any atom is 0.165 e. The van der Waals surface area contributed by atoms with Gasteiger partial charge in [-0.25, -0.2) is 4.39 Å². The Kier molecular flexibility index (Phi) is 2.90. The molecule has 1 saturated carbocycles. The maximum absolute atomic E-state index is 13.9. The zero-order valence-electron chi connectivity index (χ0n) is 10.4. The predicted molar refractivity (Wildman–Crippen MR) is 69.3 cm³/mol. The Labute approximate surface area is 106 Å². The quantitative estimate of drug-likeness (QED) is 0.819. The molecule has 1 heterocycles. The first-order valence-corrected chi connectivity index (χ1v) is 6.47. The van der Waals surface area contributed by atoms with Crippen molar-refractivity contribution in [2.75, 3.05) is 6.61 Å². The van der Waals surface area contributed by atoms with Gasteiger partial charge in [0.15, 0.2) is 11.6 Å². The number of nitrogens with zero attached hydrogens (tertiary/aromatic N) is 1. The fraction of sp³-hybridized carbons (Fsp3) is 0.400. The average molecular weight is 245 g/mol. The second-order valence-corrected chi connectivity index (χ2v) is 4.88. The summed E-state index contributed by atoms with van der Waals surface area (Å²) in [6.45, 7) is 2.69. The second kappa shape index (κ2) is 4.56. The van der Waals surface area contributed by atoms with Crippen molar-refractivity contribution in [1.29, 1.82) is 0 Å². The third kappa shape index (κ3) is 2.05. The molecule has 1 aromatic heterocycles. The first kappa shape index (κ1) is 11.5. The molecule has 2 aromatic rings. The van der Waals surface area contributed by atoms with Crippen molar-refractivity contribution in [3.63, 3.8) is 0 Å². The van der Waals surface area contributed by atoms with Crippen LogP contribution in [0.25, 0.3) is 10.8 Å². The van der Waals surface area contributed by atoms with Crippen molar-refractivity contribution >= 4 is 10.8 Å². The van der Waals surface area contributed by atoms with Gasteiger partial charge in [-0.2, -0.15) is 0 Å². The highest BCUT2D eigenvalue weighted by atomic mass is 19.1. The van der Waals surface area contributed by atoms with Crippen LogP contribution in [0, 0.1) is 11.7 Å². The van der Waals surface area contributed by atoms with E-state index in [0.29, 0.717) is 18.3 Å². The number of hydrogen-bond donors (Lipinski definition) is 0. The molecule has 0 radical (unpaired) electrons. The van der Waals surface area contributed by atoms with Crippen molar-refractivity contribution in [3.05, 3.63) is 35.9 Å². The van der Waals surface area contributed by atoms with Crippen LogP contribution < -0.4 is 4.74 Å². The Balaban J connectivity index is 2.06. The minimum Gasteiger partial charge on any atom is -0.490 e. The van der Waals surface area contributed by atoms with Crippen LogP contribution in [-0.2, 0) is 6.42 Å². The topological polar surface area (TPSA) is 22.1 Å². The van der Waals surface area contributed by atoms with Gasteiger partial charge in [-0.15, -0.1) is 0 Å². The van der Waals surface area contributed by atoms with E-state index in [1.807, 2.05) is 12.3 Å². The van der Waals surface area contributed by atoms with E-state index in [2.05, 4.69) is 11.9 Å². The van der Waals surface area contributed by atoms with Gasteiger partial charge in [0.25, 0.3) is 0 Å². The van der Waals surface area contributed by atoms with Gasteiger partial charge in [0.1, 0.15) is 0 Å². The lowest BCUT2D eigenvalue weighted by Crippen LogP contribution is -2.02. The van der Waals surface area contributed by atoms with Crippen molar-refractivity contribution in [2.45, 2.75) is 26.2 Å². The molecule has 0 atom stereocenters. The van der Waals surface area contributed by atoms with Crippen LogP contribution in [0.1, 0.15) is 25.3 Å². The van der Waals surface area contributed by atoms with E-state index in [0.717, 1.165) is 22.8 Å². The number of rotatable bonds is 4. The second-order valence-electron chi connectivity index (χ2n) is 4.88. The van der Waals surface area contributed by atoms with Crippen LogP contribution in [0.5, 0.6) is 5.75 Å². The molecule has 0 aliphatic heterocycles. The average Bonchev–Trinajstić information content (AvgIpc) is 3.20. The van der Waals surface area contributed by atoms with Crippen molar-refractivity contribution in [3.8, 4) is 5.75 Å². The summed E-state index contributed by atoms with van der Waals surface area (Å²) in [7, 11) is 0. The number of hydrogen-bond acceptors (Lipinski definition) is 2. The molecule has 94 valence electrons. The summed E-state index contributed by atoms with van der Waals surface area (Å²) in [5.41, 5.74) is 1.13. The third-order valence-electron chi connectivity index (χ3n) is 3.47. The molecular weight excluding hydrogens is 229 g/mol. The smallest absolute Gasteiger partial charge is 0.165 e. The Morgan fingerprint density at radius 1 is 1.28 bits per heavy atom. The third-order valence-corrected chi connectivity index (χ3v) is 3.47. The van der Waals surface area contributed by atoms with Crippen LogP contribution in [-0.4, -0.2) is 11.6 Å². The van der Waals surface area contributed by atoms with Crippen LogP contribution in [0.15, 0.2) is 24.5 Å². The van der Waals surface area contributed by atoms with Gasteiger partial charge in [0, 0.05) is 17.8 Å². The molecule has 0 amide bonds. The summed E-state index contributed by atoms with van der Waals surface area (Å²) >= 11 is 0. The Hall–Kier alpha value is -1.64. The van der Waals surface area contributed by atoms with E-state index in [-0.39, 0.29) is 5.82 Å². The normalized spacial score (nSPS) is 15.0. The van der Waals surface area contributed by atoms with E-state index in [1.165, 1.54) is 18.9 Å². The molecule has 0 N–H and O–H groups in total. The lowest BCUT2D eigenvalue weighted by atomic mass is 10.1. The number of ether oxygens (including phenoxy) is 1. The summed E-state index contributed by atoms with van der Waals surface area (Å²) in [6, 6.07) is 3.30. The number of halogens is 1. The zero-order valence-corrected chi connectivity index (χ0v) is 10.4. The summed E-state index contributed by atoms with van der Waals surface area (Å²) in [6.07, 6.45) is 6.82. The zero-order chi connectivity index (χ0) is 12.5. The molecular formula is C15H16FNO. The summed E-state index contributed by atoms with van der Waals surface area (Å²) in [5, 5.41) is 1.83. The van der Waals surface area contributed by atoms with Gasteiger partial charge in [0.2, 0.25) is 0 Å². The van der Waals surface area contributed by atoms with Gasteiger partial charge in [-0.1, -0.05) is 13.0 Å². The Morgan fingerprint density at radius 2 is 2.11 bits per heavy atom. The molecule has 3 heteroatoms. The van der Waals surface area contributed by atoms with Crippen LogP contribution in [0.3, 0.4) is 0 Å². The molecule has 0 unspecified atom stereocenters. The summed E-state index contributed by atoms with van der Waals surface area (Å²) in [5.74, 6) is 0.683. The molecule has 0 bridgehead atoms. The first-order chi connectivity index (χ1) is 8.79. The Bertz CT molecular complexity index is 578. The van der Waals surface area contributed by atoms with Crippen molar-refractivity contribution in [2.24, 2.45) is 5.92 Å². The number of benzene rings is 1. The van der Waals surface area contributed by atoms with Crippen LogP contribution in [0.2, 0.25) is 0 Å². The van der Waals surface area contributed by atoms with Gasteiger partial charge in [0.05, 0.1) is 6.61 Å². The number of aryl methyl sites for hydroxylation is 1. The van der Waals surface area contributed by atoms with Gasteiger partial charge in [-0.3, -0.25) is 4.98 Å². The molecule has 1 aromatic carbocycles. The summed E-state index contributed by atoms with van der Waals surface area (Å²) in [4.78, 5) is 4.18. The number of aromatic nitrogens is 1. The molecule has 3 rings (SSSR count). The van der Waals surface area contributed by atoms with Gasteiger partial charge in [-0.05, 0) is 42.2 Å². The van der Waals surface area contributed by atoms with E-state index in [1.54, 1.807) is 6.20 Å². The highest BCUT2D eigenvalue weighted by molar-refractivity contribution is 5.90. The van der Waals surface area contributed by atoms with Gasteiger partial charge >= 0.3 is 0 Å². The number of pyridine rings is 1. The lowest BCUT2D eigenvalue weighted by molar-refractivity contribution is 0.289. The van der Waals surface area contributed by atoms with Crippen molar-refractivity contribution < 1.29 is 9.13 Å². The standard InChI is InChI=1S/C15H16FNO/c1-2-11-7-17-8-13-12(11)5-6-14(16)15(13)18-9-10-3-4-10/h5-8,10H,2-4,9H2,1H3. The minimum absolute atomic E-state index is 0.293. The molecule has 1 fully saturated rings. The lowest BCUT2D eigenvalue weighted by Gasteiger charge is -2.11. The minimum atomic E-state index is -0.293. The van der Waals surface area contributed by atoms with Crippen molar-refractivity contribution in [1.82, 2.24) is 4.98 Å². The molecule has 1 aliphatic rings. The van der Waals surface area contributed by atoms with Gasteiger partial charge < -0.3 is 4.74 Å². The predicted octanol–water partition coefficient (Wildman–Crippen LogP) is 3.73. The fourth-order valence-corrected chi connectivity index (χ4v) is 2.17. The SMILES string of the molecule is CCc1cncc2c(OCC3CC3)c(F)ccc12. The van der Waals surface area contributed by atoms with Crippen LogP contribution >= 0.6 is 0 Å². The molecule has 18 heavy (non-hydrogen) atoms. The Morgan fingerprint density at radius 3 is 2.83 bits per heavy atom. The number of fused-ring (bicyclic) bond motifs is 1. The van der Waals surface area contributed by atoms with E-state index >= 15 is 0 Å². The van der Waals surface area contributed by atoms with E-state index in [4.69, 9.17) is 4.74 Å². The molecule has 1 aliphatic carbocycles. The summed E-state index contributed by atoms with van der Waals surface area (Å²) < 4.78 is 19.5. The maximum atomic E-state index is 13.9. The van der Waals surface area contributed by atoms with E-state index < -0.39 is 0 Å². The highest BCUT2D eigenvalue weighted by Crippen LogP contribution is 2.34. The molecule has 2 nitrogen and oxygen atoms in total. The van der Waals surface area contributed by atoms with E-state index in [9.17, 15) is 4.39 Å².